The van der Waals surface area contributed by atoms with Crippen molar-refractivity contribution in [3.05, 3.63) is 28.5 Å². The van der Waals surface area contributed by atoms with Gasteiger partial charge in [0.05, 0.1) is 25.5 Å². The molecule has 66 valence electrons. The Labute approximate surface area is 79.5 Å². The fourth-order valence-corrected chi connectivity index (χ4v) is 0.968. The molecule has 12 heavy (non-hydrogen) atoms. The molecule has 3 nitrogen and oxygen atoms in total. The van der Waals surface area contributed by atoms with E-state index >= 15 is 0 Å². The Bertz CT molecular complexity index is 225. The summed E-state index contributed by atoms with van der Waals surface area (Å²) < 4.78 is 6.03. The second-order valence-corrected chi connectivity index (χ2v) is 3.16. The Morgan fingerprint density at radius 2 is 2.33 bits per heavy atom. The SMILES string of the molecule is OCCOCc1ccc(Br)cn1. The molecule has 1 N–H and O–H groups in total. The predicted molar refractivity (Wildman–Crippen MR) is 48.7 cm³/mol. The zero-order chi connectivity index (χ0) is 8.81. The molecule has 1 rings (SSSR count). The molecule has 0 aliphatic rings. The standard InChI is InChI=1S/C8H10BrNO2/c9-7-1-2-8(10-5-7)6-12-4-3-11/h1-2,5,11H,3-4,6H2. The Balaban J connectivity index is 2.37. The van der Waals surface area contributed by atoms with E-state index in [0.29, 0.717) is 13.2 Å². The van der Waals surface area contributed by atoms with Crippen molar-refractivity contribution in [2.75, 3.05) is 13.2 Å². The number of hydrogen-bond donors (Lipinski definition) is 1. The van der Waals surface area contributed by atoms with Crippen LogP contribution in [-0.2, 0) is 11.3 Å². The summed E-state index contributed by atoms with van der Waals surface area (Å²) in [4.78, 5) is 4.10. The van der Waals surface area contributed by atoms with Gasteiger partial charge in [-0.25, -0.2) is 0 Å². The maximum Gasteiger partial charge on any atom is 0.0889 e. The van der Waals surface area contributed by atoms with Gasteiger partial charge < -0.3 is 9.84 Å². The number of rotatable bonds is 4. The van der Waals surface area contributed by atoms with Gasteiger partial charge >= 0.3 is 0 Å². The smallest absolute Gasteiger partial charge is 0.0889 e. The van der Waals surface area contributed by atoms with Crippen LogP contribution in [0.5, 0.6) is 0 Å². The first-order valence-corrected chi connectivity index (χ1v) is 4.41. The lowest BCUT2D eigenvalue weighted by atomic mass is 10.4. The van der Waals surface area contributed by atoms with Gasteiger partial charge in [0, 0.05) is 10.7 Å². The number of aliphatic hydroxyl groups is 1. The molecular formula is C8H10BrNO2. The summed E-state index contributed by atoms with van der Waals surface area (Å²) in [5.74, 6) is 0. The van der Waals surface area contributed by atoms with Crippen molar-refractivity contribution in [2.24, 2.45) is 0 Å². The van der Waals surface area contributed by atoms with Crippen molar-refractivity contribution in [2.45, 2.75) is 6.61 Å². The van der Waals surface area contributed by atoms with Crippen LogP contribution in [0.2, 0.25) is 0 Å². The molecule has 1 aromatic rings. The van der Waals surface area contributed by atoms with Crippen molar-refractivity contribution in [3.8, 4) is 0 Å². The van der Waals surface area contributed by atoms with Gasteiger partial charge in [-0.1, -0.05) is 0 Å². The van der Waals surface area contributed by atoms with Crippen LogP contribution in [0.1, 0.15) is 5.69 Å². The molecule has 1 heterocycles. The summed E-state index contributed by atoms with van der Waals surface area (Å²) in [5.41, 5.74) is 0.867. The van der Waals surface area contributed by atoms with E-state index in [9.17, 15) is 0 Å². The molecule has 0 spiro atoms. The van der Waals surface area contributed by atoms with E-state index in [1.165, 1.54) is 0 Å². The summed E-state index contributed by atoms with van der Waals surface area (Å²) in [7, 11) is 0. The Hall–Kier alpha value is -0.450. The Morgan fingerprint density at radius 1 is 1.50 bits per heavy atom. The van der Waals surface area contributed by atoms with Crippen LogP contribution in [0, 0.1) is 0 Å². The largest absolute Gasteiger partial charge is 0.394 e. The molecule has 0 aromatic carbocycles. The topological polar surface area (TPSA) is 42.4 Å². The highest BCUT2D eigenvalue weighted by atomic mass is 79.9. The minimum atomic E-state index is 0.0521. The maximum atomic E-state index is 8.44. The molecule has 0 fully saturated rings. The number of halogens is 1. The van der Waals surface area contributed by atoms with Gasteiger partial charge in [0.1, 0.15) is 0 Å². The number of aromatic nitrogens is 1. The van der Waals surface area contributed by atoms with Crippen LogP contribution in [0.4, 0.5) is 0 Å². The van der Waals surface area contributed by atoms with Crippen molar-refractivity contribution >= 4 is 15.9 Å². The molecule has 0 atom stereocenters. The van der Waals surface area contributed by atoms with Crippen molar-refractivity contribution < 1.29 is 9.84 Å². The fraction of sp³-hybridized carbons (Fsp3) is 0.375. The van der Waals surface area contributed by atoms with E-state index in [-0.39, 0.29) is 6.61 Å². The quantitative estimate of drug-likeness (QED) is 0.797. The lowest BCUT2D eigenvalue weighted by Gasteiger charge is -2.00. The maximum absolute atomic E-state index is 8.44. The Morgan fingerprint density at radius 3 is 2.92 bits per heavy atom. The number of nitrogens with zero attached hydrogens (tertiary/aromatic N) is 1. The molecule has 1 aromatic heterocycles. The van der Waals surface area contributed by atoms with Crippen LogP contribution in [0.15, 0.2) is 22.8 Å². The van der Waals surface area contributed by atoms with E-state index in [1.807, 2.05) is 12.1 Å². The summed E-state index contributed by atoms with van der Waals surface area (Å²) in [6.07, 6.45) is 1.72. The highest BCUT2D eigenvalue weighted by Crippen LogP contribution is 2.07. The van der Waals surface area contributed by atoms with Gasteiger partial charge in [-0.15, -0.1) is 0 Å². The lowest BCUT2D eigenvalue weighted by Crippen LogP contribution is -2.00. The lowest BCUT2D eigenvalue weighted by molar-refractivity contribution is 0.0797. The zero-order valence-electron chi connectivity index (χ0n) is 6.53. The van der Waals surface area contributed by atoms with Gasteiger partial charge in [-0.2, -0.15) is 0 Å². The van der Waals surface area contributed by atoms with Crippen LogP contribution in [-0.4, -0.2) is 23.3 Å². The first kappa shape index (κ1) is 9.64. The number of ether oxygens (including phenoxy) is 1. The average Bonchev–Trinajstić information content (AvgIpc) is 2.09. The van der Waals surface area contributed by atoms with E-state index in [4.69, 9.17) is 9.84 Å². The summed E-state index contributed by atoms with van der Waals surface area (Å²) >= 11 is 3.28. The van der Waals surface area contributed by atoms with E-state index in [0.717, 1.165) is 10.2 Å². The van der Waals surface area contributed by atoms with Gasteiger partial charge in [0.15, 0.2) is 0 Å². The number of pyridine rings is 1. The van der Waals surface area contributed by atoms with Gasteiger partial charge in [0.25, 0.3) is 0 Å². The van der Waals surface area contributed by atoms with E-state index in [2.05, 4.69) is 20.9 Å². The Kier molecular flexibility index (Phi) is 4.21. The van der Waals surface area contributed by atoms with Crippen LogP contribution < -0.4 is 0 Å². The van der Waals surface area contributed by atoms with Crippen LogP contribution in [0.3, 0.4) is 0 Å². The van der Waals surface area contributed by atoms with Crippen LogP contribution in [0.25, 0.3) is 0 Å². The van der Waals surface area contributed by atoms with Crippen molar-refractivity contribution in [1.82, 2.24) is 4.98 Å². The minimum Gasteiger partial charge on any atom is -0.394 e. The third-order valence-electron chi connectivity index (χ3n) is 1.27. The minimum absolute atomic E-state index is 0.0521. The third kappa shape index (κ3) is 3.30. The fourth-order valence-electron chi connectivity index (χ4n) is 0.733. The normalized spacial score (nSPS) is 10.2. The molecule has 0 aliphatic carbocycles. The molecule has 0 amide bonds. The number of aliphatic hydroxyl groups excluding tert-OH is 1. The second-order valence-electron chi connectivity index (χ2n) is 2.24. The van der Waals surface area contributed by atoms with Gasteiger partial charge in [0.2, 0.25) is 0 Å². The molecule has 4 heteroatoms. The highest BCUT2D eigenvalue weighted by molar-refractivity contribution is 9.10. The molecule has 0 radical (unpaired) electrons. The first-order chi connectivity index (χ1) is 5.83. The predicted octanol–water partition coefficient (Wildman–Crippen LogP) is 1.35. The molecule has 0 aliphatic heterocycles. The molecule has 0 saturated heterocycles. The van der Waals surface area contributed by atoms with Crippen molar-refractivity contribution in [3.63, 3.8) is 0 Å². The van der Waals surface area contributed by atoms with E-state index in [1.54, 1.807) is 6.20 Å². The molecule has 0 unspecified atom stereocenters. The molecule has 0 bridgehead atoms. The summed E-state index contributed by atoms with van der Waals surface area (Å²) in [5, 5.41) is 8.44. The van der Waals surface area contributed by atoms with Crippen LogP contribution >= 0.6 is 15.9 Å². The van der Waals surface area contributed by atoms with E-state index < -0.39 is 0 Å². The monoisotopic (exact) mass is 231 g/mol. The first-order valence-electron chi connectivity index (χ1n) is 3.62. The van der Waals surface area contributed by atoms with Crippen molar-refractivity contribution in [1.29, 1.82) is 0 Å². The molecular weight excluding hydrogens is 222 g/mol. The summed E-state index contributed by atoms with van der Waals surface area (Å²) in [6.45, 7) is 0.863. The average molecular weight is 232 g/mol. The van der Waals surface area contributed by atoms with Gasteiger partial charge in [-0.05, 0) is 28.1 Å². The molecule has 0 saturated carbocycles. The highest BCUT2D eigenvalue weighted by Gasteiger charge is 1.93. The van der Waals surface area contributed by atoms with Gasteiger partial charge in [-0.3, -0.25) is 4.98 Å². The zero-order valence-corrected chi connectivity index (χ0v) is 8.12. The summed E-state index contributed by atoms with van der Waals surface area (Å²) in [6, 6.07) is 3.78. The second kappa shape index (κ2) is 5.24. The number of hydrogen-bond acceptors (Lipinski definition) is 3. The third-order valence-corrected chi connectivity index (χ3v) is 1.74.